The average molecular weight is 272 g/mol. The Morgan fingerprint density at radius 3 is 2.44 bits per heavy atom. The fourth-order valence-corrected chi connectivity index (χ4v) is 2.92. The second-order valence-electron chi connectivity index (χ2n) is 4.99. The van der Waals surface area contributed by atoms with E-state index in [1.165, 1.54) is 6.26 Å². The fraction of sp³-hybridized carbons (Fsp3) is 0.833. The lowest BCUT2D eigenvalue weighted by molar-refractivity contribution is -0.129. The van der Waals surface area contributed by atoms with Gasteiger partial charge in [-0.15, -0.1) is 0 Å². The van der Waals surface area contributed by atoms with Gasteiger partial charge < -0.3 is 5.32 Å². The highest BCUT2D eigenvalue weighted by atomic mass is 32.2. The second-order valence-corrected chi connectivity index (χ2v) is 7.25. The minimum absolute atomic E-state index is 0.0623. The molecule has 0 saturated heterocycles. The van der Waals surface area contributed by atoms with Crippen molar-refractivity contribution in [2.75, 3.05) is 18.6 Å². The van der Waals surface area contributed by atoms with Crippen molar-refractivity contribution in [2.24, 2.45) is 5.41 Å². The van der Waals surface area contributed by atoms with Crippen LogP contribution in [0.2, 0.25) is 0 Å². The minimum atomic E-state index is -2.98. The van der Waals surface area contributed by atoms with Crippen molar-refractivity contribution in [1.82, 2.24) is 5.32 Å². The zero-order valence-corrected chi connectivity index (χ0v) is 11.6. The minimum Gasteiger partial charge on any atom is -0.355 e. The lowest BCUT2D eigenvalue weighted by atomic mass is 9.74. The van der Waals surface area contributed by atoms with Gasteiger partial charge in [0.25, 0.3) is 0 Å². The van der Waals surface area contributed by atoms with Crippen molar-refractivity contribution in [1.29, 1.82) is 5.26 Å². The summed E-state index contributed by atoms with van der Waals surface area (Å²) in [5, 5.41) is 11.9. The number of amides is 1. The molecule has 0 aliphatic heterocycles. The van der Waals surface area contributed by atoms with Crippen LogP contribution in [0.5, 0.6) is 0 Å². The van der Waals surface area contributed by atoms with Crippen LogP contribution in [0.4, 0.5) is 0 Å². The quantitative estimate of drug-likeness (QED) is 0.757. The first kappa shape index (κ1) is 15.0. The van der Waals surface area contributed by atoms with Gasteiger partial charge in [0, 0.05) is 12.8 Å². The third-order valence-electron chi connectivity index (χ3n) is 3.33. The SMILES string of the molecule is CS(=O)(=O)CCCNC(=O)C1(C#N)CCCCC1. The van der Waals surface area contributed by atoms with Crippen molar-refractivity contribution in [3.63, 3.8) is 0 Å². The van der Waals surface area contributed by atoms with Crippen LogP contribution in [0.3, 0.4) is 0 Å². The number of carbonyl (C=O) groups is 1. The Balaban J connectivity index is 2.42. The van der Waals surface area contributed by atoms with Crippen LogP contribution in [-0.4, -0.2) is 32.9 Å². The molecule has 1 amide bonds. The van der Waals surface area contributed by atoms with Crippen LogP contribution < -0.4 is 5.32 Å². The molecular formula is C12H20N2O3S. The summed E-state index contributed by atoms with van der Waals surface area (Å²) >= 11 is 0. The van der Waals surface area contributed by atoms with E-state index < -0.39 is 15.3 Å². The van der Waals surface area contributed by atoms with Crippen LogP contribution in [0, 0.1) is 16.7 Å². The normalized spacial score (nSPS) is 18.9. The van der Waals surface area contributed by atoms with Gasteiger partial charge in [-0.2, -0.15) is 5.26 Å². The topological polar surface area (TPSA) is 87.0 Å². The molecule has 1 saturated carbocycles. The first-order valence-electron chi connectivity index (χ1n) is 6.27. The molecule has 5 nitrogen and oxygen atoms in total. The molecule has 0 aromatic rings. The third-order valence-corrected chi connectivity index (χ3v) is 4.36. The lowest BCUT2D eigenvalue weighted by Crippen LogP contribution is -2.42. The van der Waals surface area contributed by atoms with Gasteiger partial charge in [-0.3, -0.25) is 4.79 Å². The molecule has 6 heteroatoms. The maximum absolute atomic E-state index is 12.0. The molecule has 0 unspecified atom stereocenters. The van der Waals surface area contributed by atoms with Crippen molar-refractivity contribution in [3.05, 3.63) is 0 Å². The van der Waals surface area contributed by atoms with Crippen molar-refractivity contribution >= 4 is 15.7 Å². The van der Waals surface area contributed by atoms with Gasteiger partial charge in [0.1, 0.15) is 15.3 Å². The van der Waals surface area contributed by atoms with Gasteiger partial charge in [-0.1, -0.05) is 19.3 Å². The Morgan fingerprint density at radius 1 is 1.33 bits per heavy atom. The third kappa shape index (κ3) is 4.30. The molecule has 102 valence electrons. The van der Waals surface area contributed by atoms with E-state index in [9.17, 15) is 18.5 Å². The Hall–Kier alpha value is -1.09. The Labute approximate surface area is 108 Å². The molecule has 0 aromatic heterocycles. The van der Waals surface area contributed by atoms with E-state index in [1.807, 2.05) is 0 Å². The van der Waals surface area contributed by atoms with Crippen LogP contribution in [0.25, 0.3) is 0 Å². The second kappa shape index (κ2) is 6.19. The average Bonchev–Trinajstić information content (AvgIpc) is 2.34. The number of rotatable bonds is 5. The summed E-state index contributed by atoms with van der Waals surface area (Å²) in [5.41, 5.74) is -0.886. The van der Waals surface area contributed by atoms with Crippen molar-refractivity contribution < 1.29 is 13.2 Å². The summed E-state index contributed by atoms with van der Waals surface area (Å²) in [6.07, 6.45) is 5.68. The molecule has 1 rings (SSSR count). The van der Waals surface area contributed by atoms with Gasteiger partial charge in [0.05, 0.1) is 11.8 Å². The molecular weight excluding hydrogens is 252 g/mol. The molecule has 0 heterocycles. The number of carbonyl (C=O) groups excluding carboxylic acids is 1. The first-order valence-corrected chi connectivity index (χ1v) is 8.33. The summed E-state index contributed by atoms with van der Waals surface area (Å²) in [4.78, 5) is 12.0. The number of nitrogens with zero attached hydrogens (tertiary/aromatic N) is 1. The summed E-state index contributed by atoms with van der Waals surface area (Å²) in [5.74, 6) is -0.175. The van der Waals surface area contributed by atoms with Gasteiger partial charge in [-0.25, -0.2) is 8.42 Å². The molecule has 18 heavy (non-hydrogen) atoms. The molecule has 1 fully saturated rings. The Kier molecular flexibility index (Phi) is 5.15. The largest absolute Gasteiger partial charge is 0.355 e. The summed E-state index contributed by atoms with van der Waals surface area (Å²) < 4.78 is 21.9. The fourth-order valence-electron chi connectivity index (χ4n) is 2.25. The first-order chi connectivity index (χ1) is 8.40. The number of nitriles is 1. The highest BCUT2D eigenvalue weighted by Gasteiger charge is 2.39. The van der Waals surface area contributed by atoms with Crippen molar-refractivity contribution in [3.8, 4) is 6.07 Å². The van der Waals surface area contributed by atoms with Crippen LogP contribution in [-0.2, 0) is 14.6 Å². The van der Waals surface area contributed by atoms with E-state index >= 15 is 0 Å². The molecule has 1 N–H and O–H groups in total. The molecule has 0 aromatic carbocycles. The van der Waals surface area contributed by atoms with Gasteiger partial charge >= 0.3 is 0 Å². The van der Waals surface area contributed by atoms with E-state index in [4.69, 9.17) is 0 Å². The number of hydrogen-bond donors (Lipinski definition) is 1. The van der Waals surface area contributed by atoms with Crippen LogP contribution in [0.15, 0.2) is 0 Å². The predicted molar refractivity (Wildman–Crippen MR) is 68.5 cm³/mol. The Morgan fingerprint density at radius 2 is 1.94 bits per heavy atom. The van der Waals surface area contributed by atoms with E-state index in [-0.39, 0.29) is 11.7 Å². The smallest absolute Gasteiger partial charge is 0.240 e. The molecule has 1 aliphatic carbocycles. The lowest BCUT2D eigenvalue weighted by Gasteiger charge is -2.29. The molecule has 0 spiro atoms. The van der Waals surface area contributed by atoms with Crippen LogP contribution in [0.1, 0.15) is 38.5 Å². The number of nitrogens with one attached hydrogen (secondary N) is 1. The number of sulfone groups is 1. The van der Waals surface area contributed by atoms with E-state index in [0.29, 0.717) is 25.8 Å². The van der Waals surface area contributed by atoms with E-state index in [1.54, 1.807) is 0 Å². The Bertz CT molecular complexity index is 431. The molecule has 0 radical (unpaired) electrons. The maximum atomic E-state index is 12.0. The highest BCUT2D eigenvalue weighted by molar-refractivity contribution is 7.90. The highest BCUT2D eigenvalue weighted by Crippen LogP contribution is 2.35. The van der Waals surface area contributed by atoms with Crippen molar-refractivity contribution in [2.45, 2.75) is 38.5 Å². The predicted octanol–water partition coefficient (Wildman–Crippen LogP) is 1.01. The standard InChI is InChI=1S/C12H20N2O3S/c1-18(16,17)9-5-8-14-11(15)12(10-13)6-3-2-4-7-12/h2-9H2,1H3,(H,14,15). The van der Waals surface area contributed by atoms with Gasteiger partial charge in [0.15, 0.2) is 0 Å². The molecule has 0 bridgehead atoms. The summed E-state index contributed by atoms with van der Waals surface area (Å²) in [7, 11) is -2.98. The summed E-state index contributed by atoms with van der Waals surface area (Å²) in [6.45, 7) is 0.315. The number of hydrogen-bond acceptors (Lipinski definition) is 4. The van der Waals surface area contributed by atoms with Gasteiger partial charge in [-0.05, 0) is 19.3 Å². The molecule has 1 aliphatic rings. The van der Waals surface area contributed by atoms with E-state index in [2.05, 4.69) is 11.4 Å². The van der Waals surface area contributed by atoms with Crippen LogP contribution >= 0.6 is 0 Å². The van der Waals surface area contributed by atoms with Gasteiger partial charge in [0.2, 0.25) is 5.91 Å². The monoisotopic (exact) mass is 272 g/mol. The summed E-state index contributed by atoms with van der Waals surface area (Å²) in [6, 6.07) is 2.14. The molecule has 0 atom stereocenters. The van der Waals surface area contributed by atoms with E-state index in [0.717, 1.165) is 19.3 Å². The zero-order valence-electron chi connectivity index (χ0n) is 10.7. The maximum Gasteiger partial charge on any atom is 0.240 e. The zero-order chi connectivity index (χ0) is 13.6.